The highest BCUT2D eigenvalue weighted by atomic mass is 15.1. The minimum atomic E-state index is 0.861. The maximum absolute atomic E-state index is 5.70. The molecule has 0 atom stereocenters. The van der Waals surface area contributed by atoms with E-state index >= 15 is 0 Å². The summed E-state index contributed by atoms with van der Waals surface area (Å²) in [4.78, 5) is 2.65. The Morgan fingerprint density at radius 2 is 1.89 bits per heavy atom. The average molecular weight is 246 g/mol. The van der Waals surface area contributed by atoms with Crippen molar-refractivity contribution in [2.75, 3.05) is 25.4 Å². The van der Waals surface area contributed by atoms with Gasteiger partial charge in [-0.2, -0.15) is 0 Å². The van der Waals surface area contributed by atoms with Crippen LogP contribution in [-0.2, 0) is 6.42 Å². The number of aryl methyl sites for hydroxylation is 1. The lowest BCUT2D eigenvalue weighted by Crippen LogP contribution is -2.28. The van der Waals surface area contributed by atoms with Crippen molar-refractivity contribution in [1.29, 1.82) is 0 Å². The minimum Gasteiger partial charge on any atom is -0.399 e. The number of nitrogens with zero attached hydrogens (tertiary/aromatic N) is 1. The topological polar surface area (TPSA) is 29.3 Å². The standard InChI is InChI=1S/C16H26N2/c1-2-11-18(13-15-5-6-15)12-3-4-14-7-9-16(17)10-8-14/h7-10,15H,2-6,11-13,17H2,1H3. The normalized spacial score (nSPS) is 15.2. The van der Waals surface area contributed by atoms with Crippen LogP contribution in [-0.4, -0.2) is 24.5 Å². The molecule has 1 aromatic rings. The van der Waals surface area contributed by atoms with Gasteiger partial charge in [-0.1, -0.05) is 19.1 Å². The zero-order chi connectivity index (χ0) is 12.8. The summed E-state index contributed by atoms with van der Waals surface area (Å²) in [6, 6.07) is 8.31. The van der Waals surface area contributed by atoms with Gasteiger partial charge in [-0.15, -0.1) is 0 Å². The van der Waals surface area contributed by atoms with Crippen LogP contribution in [0.5, 0.6) is 0 Å². The summed E-state index contributed by atoms with van der Waals surface area (Å²) in [6.07, 6.45) is 6.62. The molecule has 2 N–H and O–H groups in total. The molecule has 0 heterocycles. The molecule has 1 aromatic carbocycles. The number of benzene rings is 1. The van der Waals surface area contributed by atoms with Crippen LogP contribution in [0.1, 0.15) is 38.2 Å². The van der Waals surface area contributed by atoms with Crippen LogP contribution < -0.4 is 5.73 Å². The van der Waals surface area contributed by atoms with Gasteiger partial charge in [0.25, 0.3) is 0 Å². The van der Waals surface area contributed by atoms with E-state index in [0.717, 1.165) is 11.6 Å². The molecule has 0 saturated heterocycles. The van der Waals surface area contributed by atoms with Crippen LogP contribution in [0, 0.1) is 5.92 Å². The average Bonchev–Trinajstić information content (AvgIpc) is 3.16. The van der Waals surface area contributed by atoms with E-state index in [1.54, 1.807) is 0 Å². The summed E-state index contributed by atoms with van der Waals surface area (Å²) in [6.45, 7) is 6.11. The predicted molar refractivity (Wildman–Crippen MR) is 78.6 cm³/mol. The van der Waals surface area contributed by atoms with Crippen molar-refractivity contribution >= 4 is 5.69 Å². The Labute approximate surface area is 111 Å². The largest absolute Gasteiger partial charge is 0.399 e. The van der Waals surface area contributed by atoms with Gasteiger partial charge in [0.1, 0.15) is 0 Å². The van der Waals surface area contributed by atoms with Crippen LogP contribution in [0.2, 0.25) is 0 Å². The van der Waals surface area contributed by atoms with Gasteiger partial charge in [-0.3, -0.25) is 0 Å². The molecule has 100 valence electrons. The molecule has 0 aliphatic heterocycles. The number of hydrogen-bond donors (Lipinski definition) is 1. The summed E-state index contributed by atoms with van der Waals surface area (Å²) in [7, 11) is 0. The number of anilines is 1. The molecular weight excluding hydrogens is 220 g/mol. The first-order valence-electron chi connectivity index (χ1n) is 7.34. The molecule has 18 heavy (non-hydrogen) atoms. The van der Waals surface area contributed by atoms with Crippen molar-refractivity contribution in [3.8, 4) is 0 Å². The molecule has 2 nitrogen and oxygen atoms in total. The van der Waals surface area contributed by atoms with Crippen LogP contribution in [0.25, 0.3) is 0 Å². The van der Waals surface area contributed by atoms with Gasteiger partial charge in [-0.25, -0.2) is 0 Å². The molecule has 0 amide bonds. The highest BCUT2D eigenvalue weighted by molar-refractivity contribution is 5.39. The van der Waals surface area contributed by atoms with E-state index in [0.29, 0.717) is 0 Å². The molecule has 1 fully saturated rings. The van der Waals surface area contributed by atoms with Crippen molar-refractivity contribution in [1.82, 2.24) is 4.90 Å². The van der Waals surface area contributed by atoms with Crippen molar-refractivity contribution < 1.29 is 0 Å². The van der Waals surface area contributed by atoms with E-state index in [-0.39, 0.29) is 0 Å². The quantitative estimate of drug-likeness (QED) is 0.713. The molecule has 0 unspecified atom stereocenters. The zero-order valence-electron chi connectivity index (χ0n) is 11.6. The van der Waals surface area contributed by atoms with E-state index in [1.807, 2.05) is 12.1 Å². The summed E-state index contributed by atoms with van der Waals surface area (Å²) in [5.74, 6) is 1.01. The van der Waals surface area contributed by atoms with E-state index in [9.17, 15) is 0 Å². The number of rotatable bonds is 8. The van der Waals surface area contributed by atoms with Crippen molar-refractivity contribution in [2.45, 2.75) is 39.0 Å². The van der Waals surface area contributed by atoms with Gasteiger partial charge < -0.3 is 10.6 Å². The third-order valence-corrected chi connectivity index (χ3v) is 3.67. The SMILES string of the molecule is CCCN(CCCc1ccc(N)cc1)CC1CC1. The van der Waals surface area contributed by atoms with Gasteiger partial charge in [-0.05, 0) is 68.8 Å². The maximum Gasteiger partial charge on any atom is 0.0314 e. The van der Waals surface area contributed by atoms with E-state index < -0.39 is 0 Å². The summed E-state index contributed by atoms with van der Waals surface area (Å²) in [5, 5.41) is 0. The lowest BCUT2D eigenvalue weighted by atomic mass is 10.1. The van der Waals surface area contributed by atoms with Crippen LogP contribution in [0.4, 0.5) is 5.69 Å². The second-order valence-electron chi connectivity index (χ2n) is 5.59. The fraction of sp³-hybridized carbons (Fsp3) is 0.625. The Morgan fingerprint density at radius 3 is 2.50 bits per heavy atom. The number of hydrogen-bond acceptors (Lipinski definition) is 2. The number of nitrogen functional groups attached to an aromatic ring is 1. The van der Waals surface area contributed by atoms with Gasteiger partial charge in [0.05, 0.1) is 0 Å². The second kappa shape index (κ2) is 6.79. The molecule has 1 aliphatic rings. The van der Waals surface area contributed by atoms with Crippen molar-refractivity contribution in [2.24, 2.45) is 5.92 Å². The summed E-state index contributed by atoms with van der Waals surface area (Å²) >= 11 is 0. The first-order valence-corrected chi connectivity index (χ1v) is 7.34. The van der Waals surface area contributed by atoms with Crippen LogP contribution in [0.15, 0.2) is 24.3 Å². The second-order valence-corrected chi connectivity index (χ2v) is 5.59. The van der Waals surface area contributed by atoms with E-state index in [2.05, 4.69) is 24.0 Å². The summed E-state index contributed by atoms with van der Waals surface area (Å²) in [5.41, 5.74) is 7.97. The van der Waals surface area contributed by atoms with Gasteiger partial charge in [0, 0.05) is 12.2 Å². The van der Waals surface area contributed by atoms with Crippen LogP contribution in [0.3, 0.4) is 0 Å². The van der Waals surface area contributed by atoms with Crippen molar-refractivity contribution in [3.05, 3.63) is 29.8 Å². The first kappa shape index (κ1) is 13.4. The fourth-order valence-corrected chi connectivity index (χ4v) is 2.47. The molecule has 2 heteroatoms. The smallest absolute Gasteiger partial charge is 0.0314 e. The number of nitrogens with two attached hydrogens (primary N) is 1. The van der Waals surface area contributed by atoms with Gasteiger partial charge in [0.15, 0.2) is 0 Å². The van der Waals surface area contributed by atoms with Crippen LogP contribution >= 0.6 is 0 Å². The van der Waals surface area contributed by atoms with E-state index in [4.69, 9.17) is 5.73 Å². The Balaban J connectivity index is 1.69. The fourth-order valence-electron chi connectivity index (χ4n) is 2.47. The minimum absolute atomic E-state index is 0.861. The Bertz CT molecular complexity index is 341. The third-order valence-electron chi connectivity index (χ3n) is 3.67. The summed E-state index contributed by atoms with van der Waals surface area (Å²) < 4.78 is 0. The van der Waals surface area contributed by atoms with Gasteiger partial charge in [0.2, 0.25) is 0 Å². The Hall–Kier alpha value is -1.02. The van der Waals surface area contributed by atoms with Gasteiger partial charge >= 0.3 is 0 Å². The lowest BCUT2D eigenvalue weighted by molar-refractivity contribution is 0.260. The molecule has 0 bridgehead atoms. The monoisotopic (exact) mass is 246 g/mol. The highest BCUT2D eigenvalue weighted by Crippen LogP contribution is 2.29. The molecule has 1 aliphatic carbocycles. The maximum atomic E-state index is 5.70. The molecule has 0 aromatic heterocycles. The van der Waals surface area contributed by atoms with E-state index in [1.165, 1.54) is 57.3 Å². The molecule has 0 spiro atoms. The molecular formula is C16H26N2. The van der Waals surface area contributed by atoms with Crippen molar-refractivity contribution in [3.63, 3.8) is 0 Å². The first-order chi connectivity index (χ1) is 8.78. The predicted octanol–water partition coefficient (Wildman–Crippen LogP) is 3.32. The zero-order valence-corrected chi connectivity index (χ0v) is 11.6. The molecule has 0 radical (unpaired) electrons. The Morgan fingerprint density at radius 1 is 1.17 bits per heavy atom. The molecule has 2 rings (SSSR count). The lowest BCUT2D eigenvalue weighted by Gasteiger charge is -2.21. The third kappa shape index (κ3) is 4.69. The highest BCUT2D eigenvalue weighted by Gasteiger charge is 2.23. The molecule has 1 saturated carbocycles. The Kier molecular flexibility index (Phi) is 5.06.